The van der Waals surface area contributed by atoms with E-state index in [-0.39, 0.29) is 0 Å². The first-order valence-corrected chi connectivity index (χ1v) is 6.91. The van der Waals surface area contributed by atoms with Gasteiger partial charge in [-0.15, -0.1) is 5.10 Å². The highest BCUT2D eigenvalue weighted by atomic mass is 16.5. The van der Waals surface area contributed by atoms with Crippen molar-refractivity contribution >= 4 is 10.8 Å². The number of hydrogen-bond acceptors (Lipinski definition) is 4. The van der Waals surface area contributed by atoms with Crippen molar-refractivity contribution in [3.63, 3.8) is 0 Å². The van der Waals surface area contributed by atoms with Gasteiger partial charge in [-0.05, 0) is 37.7 Å². The minimum atomic E-state index is 0.540. The predicted molar refractivity (Wildman–Crippen MR) is 83.6 cm³/mol. The van der Waals surface area contributed by atoms with Crippen molar-refractivity contribution in [1.29, 1.82) is 0 Å². The SMILES string of the molecule is CNCc1cccc(Oc2nnc(C)c3ccccc23)c1. The molecule has 0 amide bonds. The van der Waals surface area contributed by atoms with Crippen molar-refractivity contribution in [2.75, 3.05) is 7.05 Å². The third kappa shape index (κ3) is 2.85. The maximum Gasteiger partial charge on any atom is 0.246 e. The number of nitrogens with one attached hydrogen (secondary N) is 1. The van der Waals surface area contributed by atoms with Gasteiger partial charge >= 0.3 is 0 Å². The van der Waals surface area contributed by atoms with Crippen LogP contribution in [0.3, 0.4) is 0 Å². The van der Waals surface area contributed by atoms with Crippen LogP contribution in [0.15, 0.2) is 48.5 Å². The smallest absolute Gasteiger partial charge is 0.246 e. The first-order valence-electron chi connectivity index (χ1n) is 6.91. The molecule has 0 unspecified atom stereocenters. The van der Waals surface area contributed by atoms with Crippen LogP contribution < -0.4 is 10.1 Å². The van der Waals surface area contributed by atoms with E-state index in [9.17, 15) is 0 Å². The summed E-state index contributed by atoms with van der Waals surface area (Å²) in [7, 11) is 1.92. The zero-order chi connectivity index (χ0) is 14.7. The van der Waals surface area contributed by atoms with Crippen LogP contribution in [0.5, 0.6) is 11.6 Å². The van der Waals surface area contributed by atoms with E-state index >= 15 is 0 Å². The molecule has 3 rings (SSSR count). The molecule has 0 aliphatic heterocycles. The molecule has 0 aliphatic rings. The summed E-state index contributed by atoms with van der Waals surface area (Å²) in [6.07, 6.45) is 0. The minimum absolute atomic E-state index is 0.540. The fraction of sp³-hybridized carbons (Fsp3) is 0.176. The maximum absolute atomic E-state index is 5.93. The van der Waals surface area contributed by atoms with Gasteiger partial charge in [0.25, 0.3) is 0 Å². The molecule has 0 radical (unpaired) electrons. The average Bonchev–Trinajstić information content (AvgIpc) is 2.51. The Bertz CT molecular complexity index is 771. The van der Waals surface area contributed by atoms with Crippen molar-refractivity contribution in [2.45, 2.75) is 13.5 Å². The van der Waals surface area contributed by atoms with Crippen molar-refractivity contribution < 1.29 is 4.74 Å². The van der Waals surface area contributed by atoms with Gasteiger partial charge in [0.1, 0.15) is 5.75 Å². The maximum atomic E-state index is 5.93. The molecule has 4 nitrogen and oxygen atoms in total. The van der Waals surface area contributed by atoms with Crippen LogP contribution in [-0.4, -0.2) is 17.2 Å². The van der Waals surface area contributed by atoms with E-state index < -0.39 is 0 Å². The Morgan fingerprint density at radius 1 is 1.00 bits per heavy atom. The second-order valence-corrected chi connectivity index (χ2v) is 4.92. The van der Waals surface area contributed by atoms with Gasteiger partial charge in [0, 0.05) is 17.3 Å². The molecule has 1 heterocycles. The third-order valence-electron chi connectivity index (χ3n) is 3.33. The number of aryl methyl sites for hydroxylation is 1. The first-order chi connectivity index (χ1) is 10.3. The average molecular weight is 279 g/mol. The lowest BCUT2D eigenvalue weighted by atomic mass is 10.1. The zero-order valence-electron chi connectivity index (χ0n) is 12.1. The number of fused-ring (bicyclic) bond motifs is 1. The molecule has 1 N–H and O–H groups in total. The monoisotopic (exact) mass is 279 g/mol. The molecule has 1 aromatic heterocycles. The molecule has 0 spiro atoms. The second kappa shape index (κ2) is 5.89. The zero-order valence-corrected chi connectivity index (χ0v) is 12.1. The number of nitrogens with zero attached hydrogens (tertiary/aromatic N) is 2. The molecule has 0 atom stereocenters. The number of aromatic nitrogens is 2. The Morgan fingerprint density at radius 3 is 2.62 bits per heavy atom. The molecule has 0 fully saturated rings. The lowest BCUT2D eigenvalue weighted by Crippen LogP contribution is -2.04. The topological polar surface area (TPSA) is 47.0 Å². The van der Waals surface area contributed by atoms with E-state index in [1.807, 2.05) is 56.4 Å². The highest BCUT2D eigenvalue weighted by Crippen LogP contribution is 2.28. The molecule has 21 heavy (non-hydrogen) atoms. The van der Waals surface area contributed by atoms with Crippen LogP contribution in [0.25, 0.3) is 10.8 Å². The molecule has 0 aliphatic carbocycles. The first kappa shape index (κ1) is 13.5. The number of ether oxygens (including phenoxy) is 1. The molecule has 2 aromatic carbocycles. The van der Waals surface area contributed by atoms with E-state index in [2.05, 4.69) is 21.6 Å². The van der Waals surface area contributed by atoms with Gasteiger partial charge in [-0.2, -0.15) is 5.10 Å². The highest BCUT2D eigenvalue weighted by molar-refractivity contribution is 5.88. The molecule has 0 saturated heterocycles. The lowest BCUT2D eigenvalue weighted by Gasteiger charge is -2.09. The highest BCUT2D eigenvalue weighted by Gasteiger charge is 2.08. The van der Waals surface area contributed by atoms with Crippen molar-refractivity contribution in [3.8, 4) is 11.6 Å². The Kier molecular flexibility index (Phi) is 3.79. The van der Waals surface area contributed by atoms with Crippen LogP contribution in [-0.2, 0) is 6.54 Å². The number of hydrogen-bond donors (Lipinski definition) is 1. The summed E-state index contributed by atoms with van der Waals surface area (Å²) in [4.78, 5) is 0. The molecular formula is C17H17N3O. The summed E-state index contributed by atoms with van der Waals surface area (Å²) in [5, 5.41) is 13.5. The molecule has 3 aromatic rings. The van der Waals surface area contributed by atoms with Crippen molar-refractivity contribution in [2.24, 2.45) is 0 Å². The van der Waals surface area contributed by atoms with Crippen LogP contribution in [0.4, 0.5) is 0 Å². The Hall–Kier alpha value is -2.46. The minimum Gasteiger partial charge on any atom is -0.437 e. The van der Waals surface area contributed by atoms with Crippen LogP contribution in [0.2, 0.25) is 0 Å². The summed E-state index contributed by atoms with van der Waals surface area (Å²) in [6.45, 7) is 2.75. The second-order valence-electron chi connectivity index (χ2n) is 4.92. The van der Waals surface area contributed by atoms with Gasteiger partial charge in [0.05, 0.1) is 5.69 Å². The van der Waals surface area contributed by atoms with E-state index in [0.717, 1.165) is 28.8 Å². The van der Waals surface area contributed by atoms with Gasteiger partial charge in [-0.25, -0.2) is 0 Å². The summed E-state index contributed by atoms with van der Waals surface area (Å²) in [6, 6.07) is 16.0. The Morgan fingerprint density at radius 2 is 1.81 bits per heavy atom. The standard InChI is InChI=1S/C17H17N3O/c1-12-15-8-3-4-9-16(15)17(20-19-12)21-14-7-5-6-13(10-14)11-18-2/h3-10,18H,11H2,1-2H3. The largest absolute Gasteiger partial charge is 0.437 e. The molecule has 0 bridgehead atoms. The molecular weight excluding hydrogens is 262 g/mol. The van der Waals surface area contributed by atoms with E-state index in [1.54, 1.807) is 0 Å². The summed E-state index contributed by atoms with van der Waals surface area (Å²) in [5.74, 6) is 1.31. The fourth-order valence-corrected chi connectivity index (χ4v) is 2.32. The molecule has 106 valence electrons. The van der Waals surface area contributed by atoms with Crippen LogP contribution >= 0.6 is 0 Å². The van der Waals surface area contributed by atoms with E-state index in [0.29, 0.717) is 5.88 Å². The van der Waals surface area contributed by atoms with Gasteiger partial charge < -0.3 is 10.1 Å². The van der Waals surface area contributed by atoms with Crippen molar-refractivity contribution in [3.05, 3.63) is 59.8 Å². The fourth-order valence-electron chi connectivity index (χ4n) is 2.32. The van der Waals surface area contributed by atoms with Gasteiger partial charge in [-0.3, -0.25) is 0 Å². The van der Waals surface area contributed by atoms with Crippen molar-refractivity contribution in [1.82, 2.24) is 15.5 Å². The van der Waals surface area contributed by atoms with Gasteiger partial charge in [-0.1, -0.05) is 30.3 Å². The Labute approximate surface area is 123 Å². The van der Waals surface area contributed by atoms with Gasteiger partial charge in [0.2, 0.25) is 5.88 Å². The van der Waals surface area contributed by atoms with E-state index in [1.165, 1.54) is 5.56 Å². The third-order valence-corrected chi connectivity index (χ3v) is 3.33. The summed E-state index contributed by atoms with van der Waals surface area (Å²) < 4.78 is 5.93. The molecule has 4 heteroatoms. The summed E-state index contributed by atoms with van der Waals surface area (Å²) in [5.41, 5.74) is 2.07. The van der Waals surface area contributed by atoms with Crippen LogP contribution in [0, 0.1) is 6.92 Å². The normalized spacial score (nSPS) is 10.8. The summed E-state index contributed by atoms with van der Waals surface area (Å²) >= 11 is 0. The van der Waals surface area contributed by atoms with E-state index in [4.69, 9.17) is 4.74 Å². The lowest BCUT2D eigenvalue weighted by molar-refractivity contribution is 0.460. The molecule has 0 saturated carbocycles. The number of benzene rings is 2. The number of rotatable bonds is 4. The predicted octanol–water partition coefficient (Wildman–Crippen LogP) is 3.45. The van der Waals surface area contributed by atoms with Crippen LogP contribution in [0.1, 0.15) is 11.3 Å². The Balaban J connectivity index is 1.98. The van der Waals surface area contributed by atoms with Gasteiger partial charge in [0.15, 0.2) is 0 Å². The quantitative estimate of drug-likeness (QED) is 0.794.